The number of aliphatic hydroxyl groups is 1. The molecule has 0 aromatic heterocycles. The highest BCUT2D eigenvalue weighted by atomic mass is 16.6. The van der Waals surface area contributed by atoms with Gasteiger partial charge in [-0.1, -0.05) is 30.3 Å². The van der Waals surface area contributed by atoms with Crippen molar-refractivity contribution in [3.05, 3.63) is 69.8 Å². The van der Waals surface area contributed by atoms with E-state index in [1.54, 1.807) is 6.07 Å². The fourth-order valence-electron chi connectivity index (χ4n) is 2.35. The van der Waals surface area contributed by atoms with Crippen LogP contribution in [-0.4, -0.2) is 16.6 Å². The predicted octanol–water partition coefficient (Wildman–Crippen LogP) is 3.39. The number of nitrogens with one attached hydrogen (secondary N) is 1. The molecule has 0 aliphatic heterocycles. The molecule has 0 radical (unpaired) electrons. The predicted molar refractivity (Wildman–Crippen MR) is 86.9 cm³/mol. The number of aliphatic hydroxyl groups excluding tert-OH is 1. The summed E-state index contributed by atoms with van der Waals surface area (Å²) in [6, 6.07) is 15.8. The second kappa shape index (κ2) is 7.92. The molecule has 0 spiro atoms. The van der Waals surface area contributed by atoms with E-state index in [0.29, 0.717) is 18.5 Å². The third-order valence-corrected chi connectivity index (χ3v) is 3.52. The Morgan fingerprint density at radius 3 is 2.61 bits per heavy atom. The van der Waals surface area contributed by atoms with Gasteiger partial charge in [0, 0.05) is 18.7 Å². The van der Waals surface area contributed by atoms with Crippen molar-refractivity contribution in [3.8, 4) is 6.07 Å². The molecule has 1 unspecified atom stereocenters. The van der Waals surface area contributed by atoms with E-state index in [4.69, 9.17) is 5.11 Å². The van der Waals surface area contributed by atoms with Gasteiger partial charge in [-0.05, 0) is 24.5 Å². The Morgan fingerprint density at radius 2 is 2.00 bits per heavy atom. The molecule has 2 aromatic carbocycles. The number of nitriles is 1. The minimum Gasteiger partial charge on any atom is -0.396 e. The number of nitro groups is 1. The lowest BCUT2D eigenvalue weighted by atomic mass is 10.0. The quantitative estimate of drug-likeness (QED) is 0.603. The van der Waals surface area contributed by atoms with Crippen LogP contribution in [0, 0.1) is 21.4 Å². The minimum atomic E-state index is -0.523. The average Bonchev–Trinajstić information content (AvgIpc) is 2.59. The maximum absolute atomic E-state index is 10.8. The van der Waals surface area contributed by atoms with Crippen molar-refractivity contribution in [1.82, 2.24) is 0 Å². The topological polar surface area (TPSA) is 99.2 Å². The largest absolute Gasteiger partial charge is 0.396 e. The zero-order valence-corrected chi connectivity index (χ0v) is 12.5. The van der Waals surface area contributed by atoms with Crippen LogP contribution in [0.3, 0.4) is 0 Å². The van der Waals surface area contributed by atoms with Crippen molar-refractivity contribution < 1.29 is 10.0 Å². The van der Waals surface area contributed by atoms with Crippen LogP contribution in [0.1, 0.15) is 30.0 Å². The zero-order chi connectivity index (χ0) is 16.7. The van der Waals surface area contributed by atoms with E-state index in [1.165, 1.54) is 12.1 Å². The van der Waals surface area contributed by atoms with Crippen LogP contribution < -0.4 is 5.32 Å². The molecule has 0 aliphatic carbocycles. The highest BCUT2D eigenvalue weighted by Crippen LogP contribution is 2.28. The van der Waals surface area contributed by atoms with Crippen molar-refractivity contribution in [3.63, 3.8) is 0 Å². The highest BCUT2D eigenvalue weighted by Gasteiger charge is 2.15. The van der Waals surface area contributed by atoms with Crippen LogP contribution in [0.4, 0.5) is 11.4 Å². The van der Waals surface area contributed by atoms with Crippen LogP contribution in [0.25, 0.3) is 0 Å². The lowest BCUT2D eigenvalue weighted by Gasteiger charge is -2.21. The summed E-state index contributed by atoms with van der Waals surface area (Å²) in [6.45, 7) is 0.0797. The molecule has 0 heterocycles. The summed E-state index contributed by atoms with van der Waals surface area (Å²) < 4.78 is 0. The molecule has 0 amide bonds. The van der Waals surface area contributed by atoms with Gasteiger partial charge in [0.05, 0.1) is 22.2 Å². The first-order valence-corrected chi connectivity index (χ1v) is 7.26. The molecule has 0 aliphatic rings. The highest BCUT2D eigenvalue weighted by molar-refractivity contribution is 5.62. The van der Waals surface area contributed by atoms with Crippen molar-refractivity contribution in [2.24, 2.45) is 0 Å². The first-order chi connectivity index (χ1) is 11.2. The zero-order valence-electron chi connectivity index (χ0n) is 12.5. The van der Waals surface area contributed by atoms with Crippen LogP contribution in [0.15, 0.2) is 48.5 Å². The van der Waals surface area contributed by atoms with Gasteiger partial charge in [0.1, 0.15) is 6.07 Å². The van der Waals surface area contributed by atoms with Crippen LogP contribution in [0.5, 0.6) is 0 Å². The molecule has 6 heteroatoms. The van der Waals surface area contributed by atoms with E-state index in [1.807, 2.05) is 36.4 Å². The normalized spacial score (nSPS) is 11.5. The third kappa shape index (κ3) is 4.28. The molecule has 118 valence electrons. The maximum atomic E-state index is 10.8. The standard InChI is InChI=1S/C17H17N3O3/c18-12-14-11-15(20(22)23)8-9-17(14)19-16(7-4-10-21)13-5-2-1-3-6-13/h1-3,5-6,8-9,11,16,19,21H,4,7,10H2. The van der Waals surface area contributed by atoms with Crippen molar-refractivity contribution in [2.45, 2.75) is 18.9 Å². The van der Waals surface area contributed by atoms with Gasteiger partial charge in [-0.15, -0.1) is 0 Å². The molecular formula is C17H17N3O3. The van der Waals surface area contributed by atoms with Crippen LogP contribution >= 0.6 is 0 Å². The monoisotopic (exact) mass is 311 g/mol. The number of nitro benzene ring substituents is 1. The van der Waals surface area contributed by atoms with Crippen LogP contribution in [0.2, 0.25) is 0 Å². The van der Waals surface area contributed by atoms with E-state index in [-0.39, 0.29) is 23.9 Å². The summed E-state index contributed by atoms with van der Waals surface area (Å²) in [5, 5.41) is 32.4. The number of non-ortho nitro benzene ring substituents is 1. The fourth-order valence-corrected chi connectivity index (χ4v) is 2.35. The number of nitrogens with zero attached hydrogens (tertiary/aromatic N) is 2. The molecule has 2 aromatic rings. The number of rotatable bonds is 7. The minimum absolute atomic E-state index is 0.0797. The van der Waals surface area contributed by atoms with Gasteiger partial charge in [-0.3, -0.25) is 10.1 Å². The number of hydrogen-bond acceptors (Lipinski definition) is 5. The third-order valence-electron chi connectivity index (χ3n) is 3.52. The van der Waals surface area contributed by atoms with Gasteiger partial charge >= 0.3 is 0 Å². The molecule has 0 saturated carbocycles. The van der Waals surface area contributed by atoms with Gasteiger partial charge in [0.15, 0.2) is 0 Å². The molecule has 1 atom stereocenters. The Hall–Kier alpha value is -2.91. The van der Waals surface area contributed by atoms with Gasteiger partial charge in [-0.2, -0.15) is 5.26 Å². The van der Waals surface area contributed by atoms with Gasteiger partial charge < -0.3 is 10.4 Å². The Labute approximate surface area is 134 Å². The molecule has 0 saturated heterocycles. The molecular weight excluding hydrogens is 294 g/mol. The molecule has 0 fully saturated rings. The van der Waals surface area contributed by atoms with Crippen molar-refractivity contribution >= 4 is 11.4 Å². The van der Waals surface area contributed by atoms with Gasteiger partial charge in [-0.25, -0.2) is 0 Å². The Kier molecular flexibility index (Phi) is 5.67. The summed E-state index contributed by atoms with van der Waals surface area (Å²) in [5.74, 6) is 0. The first-order valence-electron chi connectivity index (χ1n) is 7.26. The number of anilines is 1. The summed E-state index contributed by atoms with van der Waals surface area (Å²) >= 11 is 0. The SMILES string of the molecule is N#Cc1cc([N+](=O)[O-])ccc1NC(CCCO)c1ccccc1. The first kappa shape index (κ1) is 16.5. The van der Waals surface area contributed by atoms with Crippen molar-refractivity contribution in [1.29, 1.82) is 5.26 Å². The molecule has 2 N–H and O–H groups in total. The Morgan fingerprint density at radius 1 is 1.26 bits per heavy atom. The summed E-state index contributed by atoms with van der Waals surface area (Å²) in [7, 11) is 0. The lowest BCUT2D eigenvalue weighted by molar-refractivity contribution is -0.384. The fraction of sp³-hybridized carbons (Fsp3) is 0.235. The molecule has 0 bridgehead atoms. The molecule has 23 heavy (non-hydrogen) atoms. The Bertz CT molecular complexity index is 711. The maximum Gasteiger partial charge on any atom is 0.270 e. The van der Waals surface area contributed by atoms with E-state index in [9.17, 15) is 15.4 Å². The lowest BCUT2D eigenvalue weighted by Crippen LogP contribution is -2.12. The number of hydrogen-bond donors (Lipinski definition) is 2. The van der Waals surface area contributed by atoms with E-state index in [0.717, 1.165) is 5.56 Å². The van der Waals surface area contributed by atoms with E-state index >= 15 is 0 Å². The average molecular weight is 311 g/mol. The Balaban J connectivity index is 2.29. The smallest absolute Gasteiger partial charge is 0.270 e. The molecule has 6 nitrogen and oxygen atoms in total. The van der Waals surface area contributed by atoms with E-state index in [2.05, 4.69) is 5.32 Å². The summed E-state index contributed by atoms with van der Waals surface area (Å²) in [6.07, 6.45) is 1.30. The molecule has 2 rings (SSSR count). The number of benzene rings is 2. The van der Waals surface area contributed by atoms with Gasteiger partial charge in [0.2, 0.25) is 0 Å². The second-order valence-electron chi connectivity index (χ2n) is 5.07. The van der Waals surface area contributed by atoms with Crippen LogP contribution in [-0.2, 0) is 0 Å². The van der Waals surface area contributed by atoms with Gasteiger partial charge in [0.25, 0.3) is 5.69 Å². The summed E-state index contributed by atoms with van der Waals surface area (Å²) in [5.41, 5.74) is 1.69. The van der Waals surface area contributed by atoms with Crippen molar-refractivity contribution in [2.75, 3.05) is 11.9 Å². The summed E-state index contributed by atoms with van der Waals surface area (Å²) in [4.78, 5) is 10.3. The van der Waals surface area contributed by atoms with E-state index < -0.39 is 4.92 Å². The second-order valence-corrected chi connectivity index (χ2v) is 5.07.